The summed E-state index contributed by atoms with van der Waals surface area (Å²) in [6.07, 6.45) is 5.40. The number of hydrogen-bond donors (Lipinski definition) is 6. The molecule has 2 aliphatic heterocycles. The molecule has 2 aliphatic rings. The fraction of sp³-hybridized carbons (Fsp3) is 0.623. The summed E-state index contributed by atoms with van der Waals surface area (Å²) >= 11 is 1.12. The number of rotatable bonds is 29. The average Bonchev–Trinajstić information content (AvgIpc) is 3.98. The Hall–Kier alpha value is -6.06. The molecule has 1 aromatic carbocycles. The van der Waals surface area contributed by atoms with Gasteiger partial charge in [0.2, 0.25) is 23.6 Å². The third kappa shape index (κ3) is 17.8. The molecule has 21 heteroatoms. The quantitative estimate of drug-likeness (QED) is 0.0370. The number of imide groups is 1. The first-order chi connectivity index (χ1) is 35.1. The van der Waals surface area contributed by atoms with Gasteiger partial charge in [0.05, 0.1) is 12.0 Å². The Morgan fingerprint density at radius 1 is 0.959 bits per heavy atom. The van der Waals surface area contributed by atoms with Gasteiger partial charge in [-0.3, -0.25) is 53.0 Å². The van der Waals surface area contributed by atoms with Crippen LogP contribution in [0.2, 0.25) is 0 Å². The second-order valence-corrected chi connectivity index (χ2v) is 21.1. The number of piperidine rings is 1. The van der Waals surface area contributed by atoms with Gasteiger partial charge in [0.1, 0.15) is 22.8 Å². The van der Waals surface area contributed by atoms with Gasteiger partial charge in [0.25, 0.3) is 17.7 Å². The van der Waals surface area contributed by atoms with Crippen LogP contribution in [0.4, 0.5) is 5.69 Å². The minimum atomic E-state index is -1.05. The van der Waals surface area contributed by atoms with E-state index in [9.17, 15) is 48.3 Å². The molecule has 2 aromatic rings. The number of nitrogens with two attached hydrogens (primary N) is 1. The van der Waals surface area contributed by atoms with Crippen LogP contribution in [0.5, 0.6) is 0 Å². The molecule has 3 heterocycles. The van der Waals surface area contributed by atoms with Crippen LogP contribution in [0.1, 0.15) is 140 Å². The first-order valence-corrected chi connectivity index (χ1v) is 26.8. The first kappa shape index (κ1) is 60.5. The third-order valence-corrected chi connectivity index (χ3v) is 14.9. The number of carbonyl (C=O) groups excluding carboxylic acids is 8. The van der Waals surface area contributed by atoms with Crippen molar-refractivity contribution in [1.82, 2.24) is 35.6 Å². The number of hydrogen-bond acceptors (Lipinski definition) is 14. The number of likely N-dealkylation sites (N-methyl/N-ethyl adjacent to an activating group) is 2. The number of aromatic nitrogens is 1. The normalized spacial score (nSPS) is 18.7. The molecular formula is C53H79N9O11S. The number of benzene rings is 1. The van der Waals surface area contributed by atoms with Crippen LogP contribution in [0.25, 0.3) is 0 Å². The molecule has 408 valence electrons. The van der Waals surface area contributed by atoms with Gasteiger partial charge in [-0.2, -0.15) is 0 Å². The summed E-state index contributed by atoms with van der Waals surface area (Å²) in [4.78, 5) is 127. The second kappa shape index (κ2) is 29.1. The molecule has 0 aliphatic carbocycles. The fourth-order valence-electron chi connectivity index (χ4n) is 9.26. The molecule has 0 saturated carbocycles. The van der Waals surface area contributed by atoms with Crippen LogP contribution < -0.4 is 27.0 Å². The van der Waals surface area contributed by atoms with Crippen LogP contribution in [-0.2, 0) is 49.5 Å². The number of esters is 1. The van der Waals surface area contributed by atoms with Crippen molar-refractivity contribution < 1.29 is 53.0 Å². The summed E-state index contributed by atoms with van der Waals surface area (Å²) < 4.78 is 5.86. The van der Waals surface area contributed by atoms with Gasteiger partial charge < -0.3 is 41.7 Å². The number of ether oxygens (including phenoxy) is 1. The zero-order chi connectivity index (χ0) is 54.8. The van der Waals surface area contributed by atoms with Gasteiger partial charge in [-0.05, 0) is 107 Å². The number of unbranched alkanes of at least 4 members (excludes halogenated alkanes) is 1. The highest BCUT2D eigenvalue weighted by atomic mass is 32.1. The molecule has 4 rings (SSSR count). The van der Waals surface area contributed by atoms with E-state index in [4.69, 9.17) is 10.5 Å². The number of carboxylic acids is 1. The lowest BCUT2D eigenvalue weighted by Gasteiger charge is -2.40. The summed E-state index contributed by atoms with van der Waals surface area (Å²) in [5.74, 6) is -5.35. The van der Waals surface area contributed by atoms with Crippen LogP contribution in [0.15, 0.2) is 41.8 Å². The van der Waals surface area contributed by atoms with Crippen LogP contribution in [0, 0.1) is 23.7 Å². The molecule has 74 heavy (non-hydrogen) atoms. The zero-order valence-electron chi connectivity index (χ0n) is 44.5. The molecule has 0 radical (unpaired) electrons. The maximum absolute atomic E-state index is 14.6. The second-order valence-electron chi connectivity index (χ2n) is 20.2. The van der Waals surface area contributed by atoms with Crippen molar-refractivity contribution in [3.05, 3.63) is 58.1 Å². The molecular weight excluding hydrogens is 971 g/mol. The summed E-state index contributed by atoms with van der Waals surface area (Å²) in [6.45, 7) is 16.1. The molecule has 0 spiro atoms. The van der Waals surface area contributed by atoms with Gasteiger partial charge in [-0.25, -0.2) is 4.98 Å². The van der Waals surface area contributed by atoms with Crippen molar-refractivity contribution in [3.63, 3.8) is 0 Å². The number of carboxylic acid groups (broad SMARTS) is 1. The zero-order valence-corrected chi connectivity index (χ0v) is 45.3. The Labute approximate surface area is 439 Å². The maximum atomic E-state index is 14.6. The highest BCUT2D eigenvalue weighted by Crippen LogP contribution is 2.32. The highest BCUT2D eigenvalue weighted by Gasteiger charge is 2.39. The molecule has 0 bridgehead atoms. The number of thiazole rings is 1. The van der Waals surface area contributed by atoms with Crippen molar-refractivity contribution >= 4 is 70.3 Å². The standard InChI is InChI=1S/C53H79N9O11S/c1-10-33(6)47(59-50(69)42-26-32(5)21-24-60(42)9)52(70)61(11-2)41(31(3)4)29-43(73-35(8)63)51-58-40(30-74-51)49(68)56-38(27-34(7)53(71)72)28-36-15-17-37(18-16-36)55-48(67)39(14-12-13-23-54)57-44(64)22-25-62-45(65)19-20-46(62)66/h15-20,30-34,38-39,41-43,47H,10-14,21-29,54H2,1-9H3,(H,55,67)(H,56,68)(H,57,64)(H,59,69)(H,71,72)/t32-,33+,34+,38-,39?,41-,42-,43-,47+/m1/s1. The van der Waals surface area contributed by atoms with E-state index in [2.05, 4.69) is 33.2 Å². The van der Waals surface area contributed by atoms with Crippen LogP contribution in [0.3, 0.4) is 0 Å². The Morgan fingerprint density at radius 2 is 1.64 bits per heavy atom. The van der Waals surface area contributed by atoms with Crippen molar-refractivity contribution in [2.75, 3.05) is 38.5 Å². The fourth-order valence-corrected chi connectivity index (χ4v) is 10.1. The number of anilines is 1. The van der Waals surface area contributed by atoms with E-state index in [0.717, 1.165) is 41.4 Å². The van der Waals surface area contributed by atoms with E-state index in [1.54, 1.807) is 41.5 Å². The van der Waals surface area contributed by atoms with Gasteiger partial charge in [-0.15, -0.1) is 11.3 Å². The van der Waals surface area contributed by atoms with E-state index in [1.165, 1.54) is 6.92 Å². The first-order valence-electron chi connectivity index (χ1n) is 26.0. The summed E-state index contributed by atoms with van der Waals surface area (Å²) in [5, 5.41) is 23.3. The van der Waals surface area contributed by atoms with Gasteiger partial charge in [0.15, 0.2) is 6.10 Å². The van der Waals surface area contributed by atoms with Crippen molar-refractivity contribution in [2.45, 2.75) is 156 Å². The molecule has 1 unspecified atom stereocenters. The lowest BCUT2D eigenvalue weighted by molar-refractivity contribution is -0.150. The topological polar surface area (TPSA) is 280 Å². The SMILES string of the molecule is CC[C@H](C)[C@H](NC(=O)[C@H]1C[C@H](C)CCN1C)C(=O)N(CC)[C@H](C[C@@H](OC(C)=O)c1nc(C(=O)N[C@@H](Cc2ccc(NC(=O)C(CCCCN)NC(=O)CCN3C(=O)C=CC3=O)cc2)C[C@H](C)C(=O)O)cs1)C(C)C. The molecule has 1 saturated heterocycles. The Kier molecular flexibility index (Phi) is 23.8. The minimum absolute atomic E-state index is 0.0300. The Morgan fingerprint density at radius 3 is 2.23 bits per heavy atom. The van der Waals surface area contributed by atoms with E-state index >= 15 is 0 Å². The largest absolute Gasteiger partial charge is 0.481 e. The Bertz CT molecular complexity index is 2290. The van der Waals surface area contributed by atoms with E-state index in [1.807, 2.05) is 46.6 Å². The molecule has 9 atom stereocenters. The molecule has 1 aromatic heterocycles. The molecule has 7 amide bonds. The highest BCUT2D eigenvalue weighted by molar-refractivity contribution is 7.09. The predicted molar refractivity (Wildman–Crippen MR) is 280 cm³/mol. The molecule has 20 nitrogen and oxygen atoms in total. The molecule has 7 N–H and O–H groups in total. The number of amides is 7. The van der Waals surface area contributed by atoms with Gasteiger partial charge in [-0.1, -0.05) is 60.1 Å². The van der Waals surface area contributed by atoms with Gasteiger partial charge >= 0.3 is 11.9 Å². The summed E-state index contributed by atoms with van der Waals surface area (Å²) in [5.41, 5.74) is 6.83. The van der Waals surface area contributed by atoms with Crippen LogP contribution in [-0.4, -0.2) is 142 Å². The van der Waals surface area contributed by atoms with Crippen molar-refractivity contribution in [1.29, 1.82) is 0 Å². The predicted octanol–water partition coefficient (Wildman–Crippen LogP) is 4.59. The number of nitrogens with zero attached hydrogens (tertiary/aromatic N) is 4. The van der Waals surface area contributed by atoms with Crippen LogP contribution >= 0.6 is 11.3 Å². The minimum Gasteiger partial charge on any atom is -0.481 e. The number of carbonyl (C=O) groups is 9. The third-order valence-electron chi connectivity index (χ3n) is 14.0. The molecule has 1 fully saturated rings. The number of aliphatic carboxylic acids is 1. The maximum Gasteiger partial charge on any atom is 0.306 e. The van der Waals surface area contributed by atoms with E-state index in [-0.39, 0.29) is 67.6 Å². The number of nitrogens with one attached hydrogen (secondary N) is 4. The lowest BCUT2D eigenvalue weighted by Crippen LogP contribution is -2.59. The summed E-state index contributed by atoms with van der Waals surface area (Å²) in [6, 6.07) is 3.58. The van der Waals surface area contributed by atoms with Crippen molar-refractivity contribution in [2.24, 2.45) is 29.4 Å². The average molecular weight is 1050 g/mol. The van der Waals surface area contributed by atoms with Gasteiger partial charge in [0, 0.05) is 68.2 Å². The van der Waals surface area contributed by atoms with E-state index < -0.39 is 77.7 Å². The monoisotopic (exact) mass is 1050 g/mol. The lowest BCUT2D eigenvalue weighted by atomic mass is 9.90. The summed E-state index contributed by atoms with van der Waals surface area (Å²) in [7, 11) is 1.93. The van der Waals surface area contributed by atoms with E-state index in [0.29, 0.717) is 67.4 Å². The number of likely N-dealkylation sites (tertiary alicyclic amines) is 1. The smallest absolute Gasteiger partial charge is 0.306 e. The Balaban J connectivity index is 1.48. The van der Waals surface area contributed by atoms with Crippen molar-refractivity contribution in [3.8, 4) is 0 Å².